The van der Waals surface area contributed by atoms with Crippen LogP contribution in [0.25, 0.3) is 5.76 Å². The van der Waals surface area contributed by atoms with Crippen molar-refractivity contribution < 1.29 is 24.2 Å². The van der Waals surface area contributed by atoms with Crippen LogP contribution < -0.4 is 14.4 Å². The molecule has 7 nitrogen and oxygen atoms in total. The maximum absolute atomic E-state index is 13.2. The van der Waals surface area contributed by atoms with E-state index in [0.717, 1.165) is 5.56 Å². The number of ketones is 1. The van der Waals surface area contributed by atoms with Crippen LogP contribution in [-0.2, 0) is 9.59 Å². The summed E-state index contributed by atoms with van der Waals surface area (Å²) >= 11 is 0. The van der Waals surface area contributed by atoms with Crippen LogP contribution in [0.5, 0.6) is 11.5 Å². The van der Waals surface area contributed by atoms with Crippen molar-refractivity contribution in [2.45, 2.75) is 13.0 Å². The number of anilines is 1. The largest absolute Gasteiger partial charge is 0.507 e. The van der Waals surface area contributed by atoms with E-state index in [1.807, 2.05) is 6.92 Å². The summed E-state index contributed by atoms with van der Waals surface area (Å²) in [5.74, 6) is -0.760. The molecule has 1 unspecified atom stereocenters. The molecule has 0 saturated carbocycles. The summed E-state index contributed by atoms with van der Waals surface area (Å²) in [5, 5.41) is 11.2. The molecule has 1 fully saturated rings. The monoisotopic (exact) mass is 430 g/mol. The van der Waals surface area contributed by atoms with Crippen LogP contribution >= 0.6 is 0 Å². The van der Waals surface area contributed by atoms with E-state index in [1.165, 1.54) is 12.0 Å². The summed E-state index contributed by atoms with van der Waals surface area (Å²) in [6.45, 7) is 1.83. The zero-order valence-corrected chi connectivity index (χ0v) is 17.9. The van der Waals surface area contributed by atoms with Gasteiger partial charge in [0.1, 0.15) is 23.3 Å². The SMILES string of the molecule is COc1ccc(/C(O)=C2/C(=O)C(=O)N(c3ccccc3OC)C2c2ccccn2)cc1C. The summed E-state index contributed by atoms with van der Waals surface area (Å²) in [5.41, 5.74) is 2.01. The smallest absolute Gasteiger partial charge is 0.300 e. The Morgan fingerprint density at radius 3 is 2.34 bits per heavy atom. The third-order valence-corrected chi connectivity index (χ3v) is 5.43. The average molecular weight is 430 g/mol. The number of pyridine rings is 1. The van der Waals surface area contributed by atoms with E-state index >= 15 is 0 Å². The Morgan fingerprint density at radius 1 is 0.969 bits per heavy atom. The van der Waals surface area contributed by atoms with Gasteiger partial charge in [-0.1, -0.05) is 18.2 Å². The molecule has 4 rings (SSSR count). The Hall–Kier alpha value is -4.13. The van der Waals surface area contributed by atoms with Gasteiger partial charge in [-0.05, 0) is 55.0 Å². The highest BCUT2D eigenvalue weighted by Crippen LogP contribution is 2.44. The number of amides is 1. The average Bonchev–Trinajstić information content (AvgIpc) is 3.09. The van der Waals surface area contributed by atoms with E-state index in [2.05, 4.69) is 4.98 Å². The number of aliphatic hydroxyl groups excluding tert-OH is 1. The van der Waals surface area contributed by atoms with Crippen molar-refractivity contribution in [3.63, 3.8) is 0 Å². The van der Waals surface area contributed by atoms with E-state index in [4.69, 9.17) is 9.47 Å². The van der Waals surface area contributed by atoms with Gasteiger partial charge in [0.05, 0.1) is 31.2 Å². The lowest BCUT2D eigenvalue weighted by atomic mass is 9.97. The van der Waals surface area contributed by atoms with Crippen molar-refractivity contribution in [2.24, 2.45) is 0 Å². The molecule has 0 radical (unpaired) electrons. The van der Waals surface area contributed by atoms with Gasteiger partial charge >= 0.3 is 0 Å². The number of Topliss-reactive ketones (excluding diaryl/α,β-unsaturated/α-hetero) is 1. The van der Waals surface area contributed by atoms with Crippen molar-refractivity contribution in [3.05, 3.63) is 89.3 Å². The normalized spacial score (nSPS) is 17.5. The van der Waals surface area contributed by atoms with Crippen molar-refractivity contribution >= 4 is 23.1 Å². The fourth-order valence-corrected chi connectivity index (χ4v) is 3.91. The van der Waals surface area contributed by atoms with E-state index < -0.39 is 17.7 Å². The minimum atomic E-state index is -0.921. The standard InChI is InChI=1S/C25H22N2O5/c1-15-14-16(11-12-19(15)31-2)23(28)21-22(17-8-6-7-13-26-17)27(25(30)24(21)29)18-9-4-5-10-20(18)32-3/h4-14,22,28H,1-3H3/b23-21-. The number of aryl methyl sites for hydroxylation is 1. The molecule has 0 bridgehead atoms. The van der Waals surface area contributed by atoms with Gasteiger partial charge in [0.2, 0.25) is 0 Å². The molecule has 0 spiro atoms. The van der Waals surface area contributed by atoms with Gasteiger partial charge in [-0.2, -0.15) is 0 Å². The maximum atomic E-state index is 13.2. The minimum Gasteiger partial charge on any atom is -0.507 e. The summed E-state index contributed by atoms with van der Waals surface area (Å²) in [4.78, 5) is 32.1. The molecular formula is C25H22N2O5. The first-order valence-electron chi connectivity index (χ1n) is 9.98. The number of aliphatic hydroxyl groups is 1. The van der Waals surface area contributed by atoms with Gasteiger partial charge in [-0.25, -0.2) is 0 Å². The lowest BCUT2D eigenvalue weighted by molar-refractivity contribution is -0.132. The van der Waals surface area contributed by atoms with Crippen LogP contribution in [0.1, 0.15) is 22.9 Å². The Labute approximate surface area is 185 Å². The first kappa shape index (κ1) is 21.1. The Balaban J connectivity index is 1.95. The molecular weight excluding hydrogens is 408 g/mol. The van der Waals surface area contributed by atoms with Gasteiger partial charge in [-0.15, -0.1) is 0 Å². The number of rotatable bonds is 5. The molecule has 7 heteroatoms. The summed E-state index contributed by atoms with van der Waals surface area (Å²) in [6.07, 6.45) is 1.58. The zero-order valence-electron chi connectivity index (χ0n) is 17.9. The fourth-order valence-electron chi connectivity index (χ4n) is 3.91. The predicted molar refractivity (Wildman–Crippen MR) is 120 cm³/mol. The number of ether oxygens (including phenoxy) is 2. The van der Waals surface area contributed by atoms with E-state index in [0.29, 0.717) is 28.4 Å². The lowest BCUT2D eigenvalue weighted by Gasteiger charge is -2.26. The number of carbonyl (C=O) groups excluding carboxylic acids is 2. The highest BCUT2D eigenvalue weighted by atomic mass is 16.5. The number of benzene rings is 2. The second-order valence-electron chi connectivity index (χ2n) is 7.28. The van der Waals surface area contributed by atoms with Gasteiger partial charge in [0.15, 0.2) is 0 Å². The highest BCUT2D eigenvalue weighted by molar-refractivity contribution is 6.51. The minimum absolute atomic E-state index is 0.0378. The molecule has 1 N–H and O–H groups in total. The van der Waals surface area contributed by atoms with E-state index in [9.17, 15) is 14.7 Å². The fraction of sp³-hybridized carbons (Fsp3) is 0.160. The molecule has 1 aromatic heterocycles. The molecule has 1 saturated heterocycles. The Bertz CT molecular complexity index is 1220. The Kier molecular flexibility index (Phi) is 5.64. The number of hydrogen-bond donors (Lipinski definition) is 1. The maximum Gasteiger partial charge on any atom is 0.300 e. The number of aromatic nitrogens is 1. The molecule has 1 atom stereocenters. The van der Waals surface area contributed by atoms with Crippen LogP contribution in [-0.4, -0.2) is 36.0 Å². The molecule has 2 heterocycles. The van der Waals surface area contributed by atoms with Crippen molar-refractivity contribution in [1.29, 1.82) is 0 Å². The van der Waals surface area contributed by atoms with Crippen molar-refractivity contribution in [3.8, 4) is 11.5 Å². The second-order valence-corrected chi connectivity index (χ2v) is 7.28. The van der Waals surface area contributed by atoms with E-state index in [-0.39, 0.29) is 11.3 Å². The van der Waals surface area contributed by atoms with Gasteiger partial charge in [-0.3, -0.25) is 19.5 Å². The summed E-state index contributed by atoms with van der Waals surface area (Å²) in [6, 6.07) is 16.3. The van der Waals surface area contributed by atoms with Crippen LogP contribution in [0.3, 0.4) is 0 Å². The van der Waals surface area contributed by atoms with E-state index in [1.54, 1.807) is 74.0 Å². The molecule has 3 aromatic rings. The van der Waals surface area contributed by atoms with Gasteiger partial charge in [0, 0.05) is 11.8 Å². The lowest BCUT2D eigenvalue weighted by Crippen LogP contribution is -2.30. The first-order chi connectivity index (χ1) is 15.5. The topological polar surface area (TPSA) is 89.0 Å². The van der Waals surface area contributed by atoms with Crippen molar-refractivity contribution in [2.75, 3.05) is 19.1 Å². The number of carbonyl (C=O) groups is 2. The highest BCUT2D eigenvalue weighted by Gasteiger charge is 2.48. The molecule has 1 aliphatic rings. The molecule has 1 amide bonds. The number of para-hydroxylation sites is 2. The summed E-state index contributed by atoms with van der Waals surface area (Å²) < 4.78 is 10.7. The molecule has 162 valence electrons. The molecule has 2 aromatic carbocycles. The molecule has 0 aliphatic carbocycles. The number of nitrogens with zero attached hydrogens (tertiary/aromatic N) is 2. The second kappa shape index (κ2) is 8.55. The van der Waals surface area contributed by atoms with Crippen LogP contribution in [0, 0.1) is 6.92 Å². The van der Waals surface area contributed by atoms with Crippen LogP contribution in [0.2, 0.25) is 0 Å². The number of methoxy groups -OCH3 is 2. The van der Waals surface area contributed by atoms with Crippen LogP contribution in [0.15, 0.2) is 72.4 Å². The molecule has 32 heavy (non-hydrogen) atoms. The Morgan fingerprint density at radius 2 is 1.69 bits per heavy atom. The van der Waals surface area contributed by atoms with Gasteiger partial charge in [0.25, 0.3) is 11.7 Å². The first-order valence-corrected chi connectivity index (χ1v) is 9.98. The quantitative estimate of drug-likeness (QED) is 0.373. The van der Waals surface area contributed by atoms with Crippen LogP contribution in [0.4, 0.5) is 5.69 Å². The molecule has 1 aliphatic heterocycles. The predicted octanol–water partition coefficient (Wildman–Crippen LogP) is 4.03. The van der Waals surface area contributed by atoms with Gasteiger partial charge < -0.3 is 14.6 Å². The van der Waals surface area contributed by atoms with Crippen molar-refractivity contribution in [1.82, 2.24) is 4.98 Å². The summed E-state index contributed by atoms with van der Waals surface area (Å²) in [7, 11) is 3.05. The zero-order chi connectivity index (χ0) is 22.8. The third-order valence-electron chi connectivity index (χ3n) is 5.43. The number of hydrogen-bond acceptors (Lipinski definition) is 6. The third kappa shape index (κ3) is 3.47.